The monoisotopic (exact) mass is 253 g/mol. The molecular weight excluding hydrogens is 230 g/mol. The number of unbranched alkanes of at least 4 members (excludes halogenated alkanes) is 1. The molecule has 0 unspecified atom stereocenters. The van der Waals surface area contributed by atoms with E-state index in [0.717, 1.165) is 31.8 Å². The third-order valence-electron chi connectivity index (χ3n) is 2.33. The molecule has 102 valence electrons. The van der Waals surface area contributed by atoms with Crippen molar-refractivity contribution in [2.75, 3.05) is 39.6 Å². The van der Waals surface area contributed by atoms with Crippen LogP contribution < -0.4 is 10.5 Å². The molecule has 0 aliphatic carbocycles. The van der Waals surface area contributed by atoms with Gasteiger partial charge in [0.1, 0.15) is 5.75 Å². The smallest absolute Gasteiger partial charge is 0.119 e. The summed E-state index contributed by atoms with van der Waals surface area (Å²) in [5.74, 6) is 0.925. The fourth-order valence-electron chi connectivity index (χ4n) is 1.42. The van der Waals surface area contributed by atoms with Crippen LogP contribution in [-0.2, 0) is 9.47 Å². The molecule has 18 heavy (non-hydrogen) atoms. The number of para-hydroxylation sites is 1. The lowest BCUT2D eigenvalue weighted by Crippen LogP contribution is -2.12. The first-order chi connectivity index (χ1) is 8.93. The first-order valence-electron chi connectivity index (χ1n) is 6.47. The highest BCUT2D eigenvalue weighted by Crippen LogP contribution is 2.08. The quantitative estimate of drug-likeness (QED) is 0.611. The molecule has 0 bridgehead atoms. The van der Waals surface area contributed by atoms with E-state index in [-0.39, 0.29) is 0 Å². The van der Waals surface area contributed by atoms with Crippen LogP contribution in [0.15, 0.2) is 30.3 Å². The van der Waals surface area contributed by atoms with Gasteiger partial charge in [0.2, 0.25) is 0 Å². The minimum absolute atomic E-state index is 0.566. The van der Waals surface area contributed by atoms with Crippen LogP contribution in [0.5, 0.6) is 5.75 Å². The first-order valence-corrected chi connectivity index (χ1v) is 6.47. The second kappa shape index (κ2) is 11.0. The SMILES string of the molecule is NCCOCCOCCCCOc1ccccc1. The second-order valence-corrected chi connectivity index (χ2v) is 3.88. The van der Waals surface area contributed by atoms with Gasteiger partial charge in [-0.25, -0.2) is 0 Å². The normalized spacial score (nSPS) is 10.5. The van der Waals surface area contributed by atoms with Crippen molar-refractivity contribution in [3.05, 3.63) is 30.3 Å². The van der Waals surface area contributed by atoms with Crippen molar-refractivity contribution in [3.63, 3.8) is 0 Å². The van der Waals surface area contributed by atoms with Crippen LogP contribution >= 0.6 is 0 Å². The van der Waals surface area contributed by atoms with Gasteiger partial charge in [0.15, 0.2) is 0 Å². The number of nitrogens with two attached hydrogens (primary N) is 1. The summed E-state index contributed by atoms with van der Waals surface area (Å²) in [6, 6.07) is 9.85. The van der Waals surface area contributed by atoms with Gasteiger partial charge in [-0.3, -0.25) is 0 Å². The maximum Gasteiger partial charge on any atom is 0.119 e. The average Bonchev–Trinajstić information content (AvgIpc) is 2.42. The fraction of sp³-hybridized carbons (Fsp3) is 0.571. The summed E-state index contributed by atoms with van der Waals surface area (Å²) in [5.41, 5.74) is 5.29. The maximum atomic E-state index is 5.57. The van der Waals surface area contributed by atoms with E-state index >= 15 is 0 Å². The molecule has 0 radical (unpaired) electrons. The molecule has 1 aromatic carbocycles. The van der Waals surface area contributed by atoms with Gasteiger partial charge >= 0.3 is 0 Å². The van der Waals surface area contributed by atoms with E-state index in [1.807, 2.05) is 30.3 Å². The summed E-state index contributed by atoms with van der Waals surface area (Å²) in [5, 5.41) is 0. The van der Waals surface area contributed by atoms with Crippen molar-refractivity contribution >= 4 is 0 Å². The van der Waals surface area contributed by atoms with E-state index in [1.54, 1.807) is 0 Å². The molecule has 1 aromatic rings. The number of ether oxygens (including phenoxy) is 3. The first kappa shape index (κ1) is 15.0. The Labute approximate surface area is 109 Å². The van der Waals surface area contributed by atoms with Crippen LogP contribution in [0.1, 0.15) is 12.8 Å². The van der Waals surface area contributed by atoms with E-state index in [4.69, 9.17) is 19.9 Å². The van der Waals surface area contributed by atoms with Gasteiger partial charge in [-0.05, 0) is 25.0 Å². The van der Waals surface area contributed by atoms with E-state index in [1.165, 1.54) is 0 Å². The van der Waals surface area contributed by atoms with Crippen molar-refractivity contribution in [3.8, 4) is 5.75 Å². The van der Waals surface area contributed by atoms with Crippen LogP contribution in [0.2, 0.25) is 0 Å². The van der Waals surface area contributed by atoms with E-state index in [9.17, 15) is 0 Å². The molecule has 1 rings (SSSR count). The lowest BCUT2D eigenvalue weighted by atomic mass is 10.3. The predicted molar refractivity (Wildman–Crippen MR) is 71.9 cm³/mol. The highest BCUT2D eigenvalue weighted by Gasteiger charge is 1.93. The van der Waals surface area contributed by atoms with E-state index in [0.29, 0.717) is 26.4 Å². The molecule has 4 nitrogen and oxygen atoms in total. The molecule has 2 N–H and O–H groups in total. The fourth-order valence-corrected chi connectivity index (χ4v) is 1.42. The molecule has 0 saturated carbocycles. The zero-order valence-electron chi connectivity index (χ0n) is 10.8. The van der Waals surface area contributed by atoms with E-state index < -0.39 is 0 Å². The summed E-state index contributed by atoms with van der Waals surface area (Å²) in [7, 11) is 0. The van der Waals surface area contributed by atoms with Crippen molar-refractivity contribution in [1.82, 2.24) is 0 Å². The summed E-state index contributed by atoms with van der Waals surface area (Å²) in [6.45, 7) is 3.92. The average molecular weight is 253 g/mol. The third-order valence-corrected chi connectivity index (χ3v) is 2.33. The van der Waals surface area contributed by atoms with Crippen molar-refractivity contribution in [2.45, 2.75) is 12.8 Å². The Balaban J connectivity index is 1.82. The van der Waals surface area contributed by atoms with Gasteiger partial charge in [0, 0.05) is 13.2 Å². The minimum Gasteiger partial charge on any atom is -0.494 e. The molecule has 0 heterocycles. The molecule has 0 saturated heterocycles. The van der Waals surface area contributed by atoms with Gasteiger partial charge < -0.3 is 19.9 Å². The Hall–Kier alpha value is -1.10. The molecule has 0 aliphatic heterocycles. The topological polar surface area (TPSA) is 53.7 Å². The third kappa shape index (κ3) is 8.06. The Morgan fingerprint density at radius 1 is 0.778 bits per heavy atom. The molecule has 0 spiro atoms. The van der Waals surface area contributed by atoms with Crippen LogP contribution in [0, 0.1) is 0 Å². The lowest BCUT2D eigenvalue weighted by molar-refractivity contribution is 0.0484. The highest BCUT2D eigenvalue weighted by molar-refractivity contribution is 5.20. The number of benzene rings is 1. The Morgan fingerprint density at radius 3 is 2.17 bits per heavy atom. The standard InChI is InChI=1S/C14H23NO3/c15-8-11-17-13-12-16-9-4-5-10-18-14-6-2-1-3-7-14/h1-3,6-7H,4-5,8-13,15H2. The summed E-state index contributed by atoms with van der Waals surface area (Å²) in [6.07, 6.45) is 2.00. The predicted octanol–water partition coefficient (Wildman–Crippen LogP) is 1.84. The summed E-state index contributed by atoms with van der Waals surface area (Å²) in [4.78, 5) is 0. The minimum atomic E-state index is 0.566. The summed E-state index contributed by atoms with van der Waals surface area (Å²) >= 11 is 0. The molecule has 0 aliphatic rings. The Morgan fingerprint density at radius 2 is 1.44 bits per heavy atom. The Kier molecular flexibility index (Phi) is 9.16. The van der Waals surface area contributed by atoms with Gasteiger partial charge in [0.05, 0.1) is 26.4 Å². The van der Waals surface area contributed by atoms with Crippen LogP contribution in [-0.4, -0.2) is 39.6 Å². The van der Waals surface area contributed by atoms with Crippen molar-refractivity contribution in [2.24, 2.45) is 5.73 Å². The molecular formula is C14H23NO3. The number of hydrogen-bond donors (Lipinski definition) is 1. The second-order valence-electron chi connectivity index (χ2n) is 3.88. The van der Waals surface area contributed by atoms with Crippen LogP contribution in [0.4, 0.5) is 0 Å². The van der Waals surface area contributed by atoms with Crippen LogP contribution in [0.25, 0.3) is 0 Å². The Bertz CT molecular complexity index is 280. The molecule has 0 fully saturated rings. The zero-order valence-corrected chi connectivity index (χ0v) is 10.8. The zero-order chi connectivity index (χ0) is 12.9. The number of rotatable bonds is 11. The van der Waals surface area contributed by atoms with E-state index in [2.05, 4.69) is 0 Å². The van der Waals surface area contributed by atoms with Crippen molar-refractivity contribution < 1.29 is 14.2 Å². The van der Waals surface area contributed by atoms with Gasteiger partial charge in [-0.1, -0.05) is 18.2 Å². The highest BCUT2D eigenvalue weighted by atomic mass is 16.5. The lowest BCUT2D eigenvalue weighted by Gasteiger charge is -2.06. The maximum absolute atomic E-state index is 5.57. The van der Waals surface area contributed by atoms with Crippen molar-refractivity contribution in [1.29, 1.82) is 0 Å². The largest absolute Gasteiger partial charge is 0.494 e. The van der Waals surface area contributed by atoms with Crippen LogP contribution in [0.3, 0.4) is 0 Å². The summed E-state index contributed by atoms with van der Waals surface area (Å²) < 4.78 is 16.2. The number of hydrogen-bond acceptors (Lipinski definition) is 4. The van der Waals surface area contributed by atoms with Gasteiger partial charge in [-0.15, -0.1) is 0 Å². The van der Waals surface area contributed by atoms with Gasteiger partial charge in [0.25, 0.3) is 0 Å². The molecule has 0 atom stereocenters. The molecule has 4 heteroatoms. The molecule has 0 aromatic heterocycles. The van der Waals surface area contributed by atoms with Gasteiger partial charge in [-0.2, -0.15) is 0 Å². The molecule has 0 amide bonds.